The number of nitrogens with zero attached hydrogens (tertiary/aromatic N) is 5. The first-order chi connectivity index (χ1) is 15.8. The smallest absolute Gasteiger partial charge is 0.333 e. The van der Waals surface area contributed by atoms with Crippen LogP contribution in [0.2, 0.25) is 5.02 Å². The van der Waals surface area contributed by atoms with E-state index in [1.807, 2.05) is 10.3 Å². The van der Waals surface area contributed by atoms with Crippen molar-refractivity contribution in [3.8, 4) is 0 Å². The van der Waals surface area contributed by atoms with Crippen molar-refractivity contribution in [1.82, 2.24) is 19.7 Å². The van der Waals surface area contributed by atoms with Crippen molar-refractivity contribution >= 4 is 34.3 Å². The fourth-order valence-electron chi connectivity index (χ4n) is 4.31. The number of allylic oxidation sites excluding steroid dienone is 1. The van der Waals surface area contributed by atoms with Gasteiger partial charge in [-0.25, -0.2) is 14.1 Å². The number of hydrogen-bond donors (Lipinski definition) is 1. The fourth-order valence-corrected chi connectivity index (χ4v) is 5.22. The van der Waals surface area contributed by atoms with Gasteiger partial charge in [-0.2, -0.15) is 13.9 Å². The topological polar surface area (TPSA) is 66.5 Å². The number of rotatable bonds is 5. The number of benzene rings is 1. The van der Waals surface area contributed by atoms with Gasteiger partial charge < -0.3 is 10.0 Å². The number of amidine groups is 1. The van der Waals surface area contributed by atoms with Gasteiger partial charge in [0.25, 0.3) is 0 Å². The van der Waals surface area contributed by atoms with Gasteiger partial charge in [0.2, 0.25) is 0 Å². The number of halogens is 4. The molecule has 0 aliphatic carbocycles. The maximum Gasteiger partial charge on any atom is 0.333 e. The SMILES string of the molecule is CC(O)[C@@H]1CC2=C(c3ccn(C(F)F)n3)[C@H](c3ccc(F)cc3Cl)N=C(c3nccs3)N2C1. The Bertz CT molecular complexity index is 1240. The number of alkyl halides is 2. The van der Waals surface area contributed by atoms with Crippen LogP contribution < -0.4 is 0 Å². The average Bonchev–Trinajstić information content (AvgIpc) is 3.52. The minimum Gasteiger partial charge on any atom is -0.393 e. The molecular formula is C22H19ClF3N5OS. The molecule has 2 aromatic heterocycles. The zero-order valence-electron chi connectivity index (χ0n) is 17.4. The Morgan fingerprint density at radius 2 is 2.09 bits per heavy atom. The first-order valence-electron chi connectivity index (χ1n) is 10.3. The summed E-state index contributed by atoms with van der Waals surface area (Å²) >= 11 is 7.84. The number of hydrogen-bond acceptors (Lipinski definition) is 6. The van der Waals surface area contributed by atoms with Crippen LogP contribution >= 0.6 is 22.9 Å². The molecule has 0 bridgehead atoms. The molecule has 0 spiro atoms. The Labute approximate surface area is 196 Å². The van der Waals surface area contributed by atoms with Crippen molar-refractivity contribution < 1.29 is 18.3 Å². The van der Waals surface area contributed by atoms with E-state index in [2.05, 4.69) is 10.1 Å². The molecule has 1 saturated heterocycles. The molecule has 1 aromatic carbocycles. The molecule has 4 heterocycles. The molecule has 1 N–H and O–H groups in total. The maximum atomic E-state index is 13.8. The van der Waals surface area contributed by atoms with Crippen molar-refractivity contribution in [2.45, 2.75) is 32.0 Å². The summed E-state index contributed by atoms with van der Waals surface area (Å²) in [5.74, 6) is 0.0156. The van der Waals surface area contributed by atoms with E-state index in [0.29, 0.717) is 45.3 Å². The predicted molar refractivity (Wildman–Crippen MR) is 120 cm³/mol. The van der Waals surface area contributed by atoms with E-state index in [1.54, 1.807) is 19.2 Å². The monoisotopic (exact) mass is 493 g/mol. The Balaban J connectivity index is 1.74. The van der Waals surface area contributed by atoms with E-state index in [-0.39, 0.29) is 10.9 Å². The minimum absolute atomic E-state index is 0.0974. The summed E-state index contributed by atoms with van der Waals surface area (Å²) in [5.41, 5.74) is 2.27. The van der Waals surface area contributed by atoms with Crippen LogP contribution in [-0.2, 0) is 0 Å². The van der Waals surface area contributed by atoms with E-state index in [1.165, 1.54) is 35.7 Å². The molecule has 11 heteroatoms. The standard InChI is InChI=1S/C22H19ClF3N5OS/c1-11(32)12-8-17-18(16-4-6-31(29-16)22(25)26)19(14-3-2-13(24)9-15(14)23)28-20(30(17)10-12)21-27-5-7-33-21/h2-7,9,11-12,19,22,32H,8,10H2,1H3/t11?,12-,19+/m1/s1. The van der Waals surface area contributed by atoms with Gasteiger partial charge in [0.1, 0.15) is 11.9 Å². The summed E-state index contributed by atoms with van der Waals surface area (Å²) in [7, 11) is 0. The predicted octanol–water partition coefficient (Wildman–Crippen LogP) is 5.14. The van der Waals surface area contributed by atoms with E-state index < -0.39 is 24.5 Å². The van der Waals surface area contributed by atoms with Crippen molar-refractivity contribution in [3.05, 3.63) is 74.8 Å². The molecule has 3 atom stereocenters. The average molecular weight is 494 g/mol. The van der Waals surface area contributed by atoms with Crippen LogP contribution in [0.25, 0.3) is 5.57 Å². The van der Waals surface area contributed by atoms with Gasteiger partial charge in [-0.05, 0) is 31.5 Å². The van der Waals surface area contributed by atoms with Gasteiger partial charge in [-0.3, -0.25) is 4.99 Å². The highest BCUT2D eigenvalue weighted by atomic mass is 35.5. The molecular weight excluding hydrogens is 475 g/mol. The normalized spacial score (nSPS) is 21.5. The van der Waals surface area contributed by atoms with Crippen LogP contribution in [0, 0.1) is 11.7 Å². The molecule has 3 aromatic rings. The minimum atomic E-state index is -2.79. The highest BCUT2D eigenvalue weighted by molar-refractivity contribution is 7.11. The molecule has 6 nitrogen and oxygen atoms in total. The van der Waals surface area contributed by atoms with Gasteiger partial charge in [-0.1, -0.05) is 17.7 Å². The van der Waals surface area contributed by atoms with Gasteiger partial charge >= 0.3 is 6.55 Å². The summed E-state index contributed by atoms with van der Waals surface area (Å²) in [6.07, 6.45) is 2.79. The van der Waals surface area contributed by atoms with Crippen molar-refractivity contribution in [3.63, 3.8) is 0 Å². The lowest BCUT2D eigenvalue weighted by molar-refractivity contribution is 0.0564. The molecule has 1 fully saturated rings. The summed E-state index contributed by atoms with van der Waals surface area (Å²) in [4.78, 5) is 11.3. The zero-order chi connectivity index (χ0) is 23.3. The molecule has 2 aliphatic rings. The van der Waals surface area contributed by atoms with Crippen molar-refractivity contribution in [2.75, 3.05) is 6.54 Å². The maximum absolute atomic E-state index is 13.8. The number of aromatic nitrogens is 3. The molecule has 172 valence electrons. The third kappa shape index (κ3) is 3.96. The molecule has 2 aliphatic heterocycles. The lowest BCUT2D eigenvalue weighted by atomic mass is 9.91. The van der Waals surface area contributed by atoms with Crippen molar-refractivity contribution in [1.29, 1.82) is 0 Å². The van der Waals surface area contributed by atoms with Crippen LogP contribution in [0.4, 0.5) is 13.2 Å². The third-order valence-corrected chi connectivity index (χ3v) is 7.03. The Hall–Kier alpha value is -2.69. The molecule has 0 radical (unpaired) electrons. The fraction of sp³-hybridized carbons (Fsp3) is 0.318. The van der Waals surface area contributed by atoms with E-state index >= 15 is 0 Å². The van der Waals surface area contributed by atoms with Gasteiger partial charge in [0.05, 0.1) is 11.8 Å². The molecule has 1 unspecified atom stereocenters. The number of aliphatic imine (C=N–C) groups is 1. The number of aliphatic hydroxyl groups excluding tert-OH is 1. The number of fused-ring (bicyclic) bond motifs is 1. The quantitative estimate of drug-likeness (QED) is 0.534. The van der Waals surface area contributed by atoms with Crippen molar-refractivity contribution in [2.24, 2.45) is 10.9 Å². The van der Waals surface area contributed by atoms with Crippen LogP contribution in [0.3, 0.4) is 0 Å². The summed E-state index contributed by atoms with van der Waals surface area (Å²) in [6, 6.07) is 4.84. The van der Waals surface area contributed by atoms with Gasteiger partial charge in [0, 0.05) is 52.1 Å². The van der Waals surface area contributed by atoms with Crippen LogP contribution in [0.5, 0.6) is 0 Å². The lowest BCUT2D eigenvalue weighted by Gasteiger charge is -2.32. The number of thiazole rings is 1. The van der Waals surface area contributed by atoms with E-state index in [4.69, 9.17) is 16.6 Å². The van der Waals surface area contributed by atoms with E-state index in [0.717, 1.165) is 5.70 Å². The summed E-state index contributed by atoms with van der Waals surface area (Å²) < 4.78 is 41.0. The first-order valence-corrected chi connectivity index (χ1v) is 11.5. The summed E-state index contributed by atoms with van der Waals surface area (Å²) in [5, 5.41) is 17.1. The Kier molecular flexibility index (Phi) is 5.75. The highest BCUT2D eigenvalue weighted by Crippen LogP contribution is 2.47. The number of aliphatic hydroxyl groups is 1. The largest absolute Gasteiger partial charge is 0.393 e. The second kappa shape index (κ2) is 8.58. The lowest BCUT2D eigenvalue weighted by Crippen LogP contribution is -2.34. The highest BCUT2D eigenvalue weighted by Gasteiger charge is 2.42. The van der Waals surface area contributed by atoms with Crippen LogP contribution in [0.15, 0.2) is 52.7 Å². The zero-order valence-corrected chi connectivity index (χ0v) is 18.9. The van der Waals surface area contributed by atoms with E-state index in [9.17, 15) is 18.3 Å². The molecule has 5 rings (SSSR count). The molecule has 0 amide bonds. The first kappa shape index (κ1) is 22.1. The summed E-state index contributed by atoms with van der Waals surface area (Å²) in [6.45, 7) is -0.572. The van der Waals surface area contributed by atoms with Crippen LogP contribution in [0.1, 0.15) is 42.2 Å². The third-order valence-electron chi connectivity index (χ3n) is 5.94. The Morgan fingerprint density at radius 1 is 1.27 bits per heavy atom. The molecule has 0 saturated carbocycles. The Morgan fingerprint density at radius 3 is 2.73 bits per heavy atom. The second-order valence-corrected chi connectivity index (χ2v) is 9.29. The van der Waals surface area contributed by atoms with Gasteiger partial charge in [-0.15, -0.1) is 11.3 Å². The second-order valence-electron chi connectivity index (χ2n) is 7.99. The molecule has 33 heavy (non-hydrogen) atoms. The van der Waals surface area contributed by atoms with Gasteiger partial charge in [0.15, 0.2) is 10.8 Å². The van der Waals surface area contributed by atoms with Crippen LogP contribution in [-0.4, -0.2) is 43.3 Å².